The Hall–Kier alpha value is -2.64. The van der Waals surface area contributed by atoms with Gasteiger partial charge in [0.05, 0.1) is 11.6 Å². The second-order valence-corrected chi connectivity index (χ2v) is 9.80. The zero-order valence-electron chi connectivity index (χ0n) is 19.9. The summed E-state index contributed by atoms with van der Waals surface area (Å²) in [6, 6.07) is 12.4. The van der Waals surface area contributed by atoms with Gasteiger partial charge in [0.25, 0.3) is 11.7 Å². The SMILES string of the molecule is CCN(CC)CCCN1C(=O)C(=O)/C(=C(\O)c2ccc3c(c2)CC(C)O3)C1c1cccc(Br)c1. The van der Waals surface area contributed by atoms with Crippen molar-refractivity contribution in [3.05, 3.63) is 69.2 Å². The summed E-state index contributed by atoms with van der Waals surface area (Å²) >= 11 is 3.50. The Morgan fingerprint density at radius 1 is 1.18 bits per heavy atom. The molecule has 2 aliphatic rings. The van der Waals surface area contributed by atoms with E-state index in [4.69, 9.17) is 4.74 Å². The smallest absolute Gasteiger partial charge is 0.295 e. The molecule has 6 nitrogen and oxygen atoms in total. The first-order valence-corrected chi connectivity index (χ1v) is 12.7. The van der Waals surface area contributed by atoms with Crippen LogP contribution in [-0.2, 0) is 16.0 Å². The third-order valence-electron chi connectivity index (χ3n) is 6.64. The molecule has 0 aromatic heterocycles. The summed E-state index contributed by atoms with van der Waals surface area (Å²) in [7, 11) is 0. The minimum absolute atomic E-state index is 0.0745. The van der Waals surface area contributed by atoms with Crippen LogP contribution >= 0.6 is 15.9 Å². The molecule has 180 valence electrons. The number of ether oxygens (including phenoxy) is 1. The van der Waals surface area contributed by atoms with Gasteiger partial charge in [-0.3, -0.25) is 9.59 Å². The average molecular weight is 527 g/mol. The fraction of sp³-hybridized carbons (Fsp3) is 0.407. The maximum absolute atomic E-state index is 13.2. The van der Waals surface area contributed by atoms with Gasteiger partial charge in [0.1, 0.15) is 17.6 Å². The number of fused-ring (bicyclic) bond motifs is 1. The van der Waals surface area contributed by atoms with Gasteiger partial charge in [-0.1, -0.05) is 41.9 Å². The third kappa shape index (κ3) is 4.77. The van der Waals surface area contributed by atoms with Crippen molar-refractivity contribution in [2.24, 2.45) is 0 Å². The van der Waals surface area contributed by atoms with Gasteiger partial charge in [-0.05, 0) is 74.4 Å². The summed E-state index contributed by atoms with van der Waals surface area (Å²) in [6.45, 7) is 9.36. The van der Waals surface area contributed by atoms with Gasteiger partial charge in [0.2, 0.25) is 0 Å². The summed E-state index contributed by atoms with van der Waals surface area (Å²) in [6.07, 6.45) is 1.56. The molecule has 2 heterocycles. The highest BCUT2D eigenvalue weighted by Gasteiger charge is 2.46. The molecular formula is C27H31BrN2O4. The highest BCUT2D eigenvalue weighted by Crippen LogP contribution is 2.41. The second-order valence-electron chi connectivity index (χ2n) is 8.88. The molecule has 0 aliphatic carbocycles. The van der Waals surface area contributed by atoms with E-state index in [9.17, 15) is 14.7 Å². The van der Waals surface area contributed by atoms with Crippen LogP contribution in [0.15, 0.2) is 52.5 Å². The lowest BCUT2D eigenvalue weighted by molar-refractivity contribution is -0.140. The number of hydrogen-bond donors (Lipinski definition) is 1. The molecule has 2 atom stereocenters. The van der Waals surface area contributed by atoms with Crippen LogP contribution < -0.4 is 4.74 Å². The molecule has 1 amide bonds. The normalized spacial score (nSPS) is 21.3. The molecule has 1 N–H and O–H groups in total. The monoisotopic (exact) mass is 526 g/mol. The van der Waals surface area contributed by atoms with Gasteiger partial charge < -0.3 is 19.6 Å². The lowest BCUT2D eigenvalue weighted by atomic mass is 9.94. The Morgan fingerprint density at radius 2 is 1.94 bits per heavy atom. The van der Waals surface area contributed by atoms with Crippen LogP contribution in [-0.4, -0.2) is 58.9 Å². The van der Waals surface area contributed by atoms with Crippen LogP contribution in [0, 0.1) is 0 Å². The summed E-state index contributed by atoms with van der Waals surface area (Å²) < 4.78 is 6.62. The molecule has 2 unspecified atom stereocenters. The van der Waals surface area contributed by atoms with Crippen LogP contribution in [0.25, 0.3) is 5.76 Å². The molecule has 7 heteroatoms. The minimum atomic E-state index is -0.643. The number of aliphatic hydroxyl groups excluding tert-OH is 1. The van der Waals surface area contributed by atoms with Crippen LogP contribution in [0.1, 0.15) is 49.9 Å². The van der Waals surface area contributed by atoms with Crippen molar-refractivity contribution >= 4 is 33.4 Å². The van der Waals surface area contributed by atoms with E-state index in [0.717, 1.165) is 53.8 Å². The predicted octanol–water partition coefficient (Wildman–Crippen LogP) is 4.93. The average Bonchev–Trinajstić information content (AvgIpc) is 3.32. The first kappa shape index (κ1) is 24.5. The predicted molar refractivity (Wildman–Crippen MR) is 136 cm³/mol. The van der Waals surface area contributed by atoms with Crippen molar-refractivity contribution < 1.29 is 19.4 Å². The quantitative estimate of drug-likeness (QED) is 0.300. The van der Waals surface area contributed by atoms with Crippen LogP contribution in [0.5, 0.6) is 5.75 Å². The molecule has 2 aromatic carbocycles. The molecule has 2 aromatic rings. The molecule has 0 spiro atoms. The molecular weight excluding hydrogens is 496 g/mol. The number of carbonyl (C=O) groups is 2. The minimum Gasteiger partial charge on any atom is -0.507 e. The number of benzene rings is 2. The Labute approximate surface area is 209 Å². The van der Waals surface area contributed by atoms with Crippen molar-refractivity contribution in [2.75, 3.05) is 26.2 Å². The molecule has 0 saturated carbocycles. The van der Waals surface area contributed by atoms with Crippen LogP contribution in [0.4, 0.5) is 0 Å². The molecule has 34 heavy (non-hydrogen) atoms. The van der Waals surface area contributed by atoms with Crippen LogP contribution in [0.3, 0.4) is 0 Å². The van der Waals surface area contributed by atoms with E-state index in [-0.39, 0.29) is 17.4 Å². The summed E-state index contributed by atoms with van der Waals surface area (Å²) in [5.41, 5.74) is 2.44. The Morgan fingerprint density at radius 3 is 2.65 bits per heavy atom. The van der Waals surface area contributed by atoms with E-state index in [1.807, 2.05) is 43.3 Å². The Bertz CT molecular complexity index is 1130. The molecule has 0 radical (unpaired) electrons. The van der Waals surface area contributed by atoms with Crippen molar-refractivity contribution in [2.45, 2.75) is 45.8 Å². The summed E-state index contributed by atoms with van der Waals surface area (Å²) in [5, 5.41) is 11.3. The fourth-order valence-electron chi connectivity index (χ4n) is 4.86. The van der Waals surface area contributed by atoms with Crippen molar-refractivity contribution in [3.63, 3.8) is 0 Å². The number of carbonyl (C=O) groups excluding carboxylic acids is 2. The number of amides is 1. The van der Waals surface area contributed by atoms with Crippen molar-refractivity contribution in [1.82, 2.24) is 9.80 Å². The number of Topliss-reactive ketones (excluding diaryl/α,β-unsaturated/α-hetero) is 1. The zero-order chi connectivity index (χ0) is 24.4. The highest BCUT2D eigenvalue weighted by molar-refractivity contribution is 9.10. The highest BCUT2D eigenvalue weighted by atomic mass is 79.9. The molecule has 0 bridgehead atoms. The number of likely N-dealkylation sites (tertiary alicyclic amines) is 1. The molecule has 2 aliphatic heterocycles. The largest absolute Gasteiger partial charge is 0.507 e. The zero-order valence-corrected chi connectivity index (χ0v) is 21.5. The van der Waals surface area contributed by atoms with E-state index >= 15 is 0 Å². The fourth-order valence-corrected chi connectivity index (χ4v) is 5.28. The number of rotatable bonds is 8. The lowest BCUT2D eigenvalue weighted by Crippen LogP contribution is -2.33. The van der Waals surface area contributed by atoms with E-state index in [1.54, 1.807) is 11.0 Å². The first-order valence-electron chi connectivity index (χ1n) is 11.9. The van der Waals surface area contributed by atoms with Crippen molar-refractivity contribution in [3.8, 4) is 5.75 Å². The number of hydrogen-bond acceptors (Lipinski definition) is 5. The molecule has 1 fully saturated rings. The van der Waals surface area contributed by atoms with E-state index < -0.39 is 17.7 Å². The molecule has 4 rings (SSSR count). The van der Waals surface area contributed by atoms with Gasteiger partial charge in [-0.2, -0.15) is 0 Å². The third-order valence-corrected chi connectivity index (χ3v) is 7.13. The standard InChI is InChI=1S/C27H31BrN2O4/c1-4-29(5-2)12-7-13-30-24(18-8-6-9-21(28)16-18)23(26(32)27(30)33)25(31)19-10-11-22-20(15-19)14-17(3)34-22/h6,8-11,15-17,24,31H,4-5,7,12-14H2,1-3H3/b25-23-. The van der Waals surface area contributed by atoms with Gasteiger partial charge >= 0.3 is 0 Å². The Kier molecular flexibility index (Phi) is 7.43. The summed E-state index contributed by atoms with van der Waals surface area (Å²) in [4.78, 5) is 30.3. The lowest BCUT2D eigenvalue weighted by Gasteiger charge is -2.27. The van der Waals surface area contributed by atoms with E-state index in [0.29, 0.717) is 12.1 Å². The number of aliphatic hydroxyl groups is 1. The van der Waals surface area contributed by atoms with E-state index in [1.165, 1.54) is 0 Å². The topological polar surface area (TPSA) is 70.1 Å². The van der Waals surface area contributed by atoms with Crippen LogP contribution in [0.2, 0.25) is 0 Å². The Balaban J connectivity index is 1.73. The summed E-state index contributed by atoms with van der Waals surface area (Å²) in [5.74, 6) is -0.555. The van der Waals surface area contributed by atoms with Gasteiger partial charge in [0.15, 0.2) is 0 Å². The maximum atomic E-state index is 13.2. The van der Waals surface area contributed by atoms with Gasteiger partial charge in [-0.15, -0.1) is 0 Å². The first-order chi connectivity index (χ1) is 16.3. The number of halogens is 1. The number of nitrogens with zero attached hydrogens (tertiary/aromatic N) is 2. The number of ketones is 1. The second kappa shape index (κ2) is 10.3. The van der Waals surface area contributed by atoms with E-state index in [2.05, 4.69) is 34.7 Å². The molecule has 1 saturated heterocycles. The van der Waals surface area contributed by atoms with Gasteiger partial charge in [-0.25, -0.2) is 0 Å². The van der Waals surface area contributed by atoms with Gasteiger partial charge in [0, 0.05) is 23.0 Å². The maximum Gasteiger partial charge on any atom is 0.295 e. The van der Waals surface area contributed by atoms with Crippen molar-refractivity contribution in [1.29, 1.82) is 0 Å².